The molecule has 2 rings (SSSR count). The van der Waals surface area contributed by atoms with Gasteiger partial charge >= 0.3 is 0 Å². The van der Waals surface area contributed by atoms with E-state index >= 15 is 0 Å². The predicted molar refractivity (Wildman–Crippen MR) is 78.3 cm³/mol. The van der Waals surface area contributed by atoms with Crippen LogP contribution in [0.3, 0.4) is 0 Å². The maximum absolute atomic E-state index is 13.9. The average Bonchev–Trinajstić information content (AvgIpc) is 2.96. The standard InChI is InChI=1S/C15H20FN3O2/c1-10-8-11(17)9-12(14(10)16)15(21)18-5-4-13(20)19-6-2-3-7-19/h8-9H,2-7,17H2,1H3,(H,18,21). The van der Waals surface area contributed by atoms with Crippen molar-refractivity contribution in [3.8, 4) is 0 Å². The first-order valence-electron chi connectivity index (χ1n) is 7.10. The Morgan fingerprint density at radius 3 is 2.67 bits per heavy atom. The molecular weight excluding hydrogens is 273 g/mol. The third-order valence-corrected chi connectivity index (χ3v) is 3.60. The van der Waals surface area contributed by atoms with E-state index in [0.29, 0.717) is 11.3 Å². The van der Waals surface area contributed by atoms with E-state index in [1.54, 1.807) is 11.8 Å². The summed E-state index contributed by atoms with van der Waals surface area (Å²) in [6, 6.07) is 2.78. The summed E-state index contributed by atoms with van der Waals surface area (Å²) < 4.78 is 13.9. The number of halogens is 1. The summed E-state index contributed by atoms with van der Waals surface area (Å²) in [5.74, 6) is -1.10. The second kappa shape index (κ2) is 6.56. The van der Waals surface area contributed by atoms with Crippen molar-refractivity contribution in [3.05, 3.63) is 29.1 Å². The molecule has 6 heteroatoms. The molecule has 1 aliphatic rings. The highest BCUT2D eigenvalue weighted by Gasteiger charge is 2.18. The Morgan fingerprint density at radius 2 is 2.00 bits per heavy atom. The van der Waals surface area contributed by atoms with Crippen LogP contribution in [0.1, 0.15) is 35.2 Å². The van der Waals surface area contributed by atoms with Crippen molar-refractivity contribution in [2.45, 2.75) is 26.2 Å². The van der Waals surface area contributed by atoms with Gasteiger partial charge in [-0.1, -0.05) is 0 Å². The van der Waals surface area contributed by atoms with Crippen molar-refractivity contribution >= 4 is 17.5 Å². The third-order valence-electron chi connectivity index (χ3n) is 3.60. The summed E-state index contributed by atoms with van der Waals surface area (Å²) in [4.78, 5) is 25.5. The van der Waals surface area contributed by atoms with Crippen molar-refractivity contribution < 1.29 is 14.0 Å². The number of rotatable bonds is 4. The van der Waals surface area contributed by atoms with Crippen LogP contribution in [0.5, 0.6) is 0 Å². The number of amides is 2. The molecule has 0 radical (unpaired) electrons. The zero-order valence-electron chi connectivity index (χ0n) is 12.1. The van der Waals surface area contributed by atoms with Crippen LogP contribution in [0.2, 0.25) is 0 Å². The lowest BCUT2D eigenvalue weighted by Crippen LogP contribution is -2.33. The first-order valence-corrected chi connectivity index (χ1v) is 7.10. The Hall–Kier alpha value is -2.11. The molecule has 1 saturated heterocycles. The van der Waals surface area contributed by atoms with Gasteiger partial charge in [0.1, 0.15) is 5.82 Å². The second-order valence-electron chi connectivity index (χ2n) is 5.29. The van der Waals surface area contributed by atoms with E-state index in [4.69, 9.17) is 5.73 Å². The van der Waals surface area contributed by atoms with Gasteiger partial charge in [-0.05, 0) is 37.5 Å². The molecule has 21 heavy (non-hydrogen) atoms. The Labute approximate surface area is 123 Å². The van der Waals surface area contributed by atoms with Gasteiger partial charge in [0.15, 0.2) is 0 Å². The average molecular weight is 293 g/mol. The molecule has 5 nitrogen and oxygen atoms in total. The molecule has 1 aromatic rings. The first-order chi connectivity index (χ1) is 9.99. The molecule has 2 amide bonds. The van der Waals surface area contributed by atoms with E-state index in [0.717, 1.165) is 25.9 Å². The molecule has 1 aromatic carbocycles. The van der Waals surface area contributed by atoms with E-state index < -0.39 is 11.7 Å². The lowest BCUT2D eigenvalue weighted by Gasteiger charge is -2.15. The predicted octanol–water partition coefficient (Wildman–Crippen LogP) is 1.46. The number of nitrogens with one attached hydrogen (secondary N) is 1. The minimum atomic E-state index is -0.576. The number of likely N-dealkylation sites (tertiary alicyclic amines) is 1. The number of aryl methyl sites for hydroxylation is 1. The molecule has 114 valence electrons. The number of benzene rings is 1. The smallest absolute Gasteiger partial charge is 0.254 e. The Morgan fingerprint density at radius 1 is 1.33 bits per heavy atom. The quantitative estimate of drug-likeness (QED) is 0.825. The maximum Gasteiger partial charge on any atom is 0.254 e. The number of anilines is 1. The summed E-state index contributed by atoms with van der Waals surface area (Å²) in [6.07, 6.45) is 2.30. The largest absolute Gasteiger partial charge is 0.399 e. The molecular formula is C15H20FN3O2. The van der Waals surface area contributed by atoms with E-state index in [1.807, 2.05) is 0 Å². The fourth-order valence-electron chi connectivity index (χ4n) is 2.47. The van der Waals surface area contributed by atoms with E-state index in [-0.39, 0.29) is 24.4 Å². The van der Waals surface area contributed by atoms with E-state index in [2.05, 4.69) is 5.32 Å². The van der Waals surface area contributed by atoms with Gasteiger partial charge in [-0.2, -0.15) is 0 Å². The van der Waals surface area contributed by atoms with Gasteiger partial charge in [-0.15, -0.1) is 0 Å². The Kier molecular flexibility index (Phi) is 4.77. The number of carbonyl (C=O) groups excluding carboxylic acids is 2. The van der Waals surface area contributed by atoms with E-state index in [9.17, 15) is 14.0 Å². The summed E-state index contributed by atoms with van der Waals surface area (Å²) in [7, 11) is 0. The fraction of sp³-hybridized carbons (Fsp3) is 0.467. The summed E-state index contributed by atoms with van der Waals surface area (Å²) in [5.41, 5.74) is 6.20. The summed E-state index contributed by atoms with van der Waals surface area (Å²) in [6.45, 7) is 3.33. The molecule has 1 heterocycles. The van der Waals surface area contributed by atoms with Crippen molar-refractivity contribution in [1.82, 2.24) is 10.2 Å². The number of nitrogen functional groups attached to an aromatic ring is 1. The van der Waals surface area contributed by atoms with Gasteiger partial charge in [-0.25, -0.2) is 4.39 Å². The SMILES string of the molecule is Cc1cc(N)cc(C(=O)NCCC(=O)N2CCCC2)c1F. The molecule has 1 aliphatic heterocycles. The summed E-state index contributed by atoms with van der Waals surface area (Å²) in [5, 5.41) is 2.57. The number of nitrogens with zero attached hydrogens (tertiary/aromatic N) is 1. The van der Waals surface area contributed by atoms with Gasteiger partial charge in [0, 0.05) is 31.7 Å². The van der Waals surface area contributed by atoms with E-state index in [1.165, 1.54) is 12.1 Å². The highest BCUT2D eigenvalue weighted by atomic mass is 19.1. The van der Waals surface area contributed by atoms with Crippen LogP contribution < -0.4 is 11.1 Å². The van der Waals surface area contributed by atoms with Crippen LogP contribution in [0.15, 0.2) is 12.1 Å². The van der Waals surface area contributed by atoms with Gasteiger partial charge in [0.2, 0.25) is 5.91 Å². The summed E-state index contributed by atoms with van der Waals surface area (Å²) >= 11 is 0. The lowest BCUT2D eigenvalue weighted by atomic mass is 10.1. The van der Waals surface area contributed by atoms with Gasteiger partial charge in [0.25, 0.3) is 5.91 Å². The monoisotopic (exact) mass is 293 g/mol. The Bertz CT molecular complexity index is 554. The molecule has 0 aliphatic carbocycles. The van der Waals surface area contributed by atoms with Crippen LogP contribution >= 0.6 is 0 Å². The molecule has 0 bridgehead atoms. The highest BCUT2D eigenvalue weighted by Crippen LogP contribution is 2.17. The number of nitrogens with two attached hydrogens (primary N) is 1. The molecule has 1 fully saturated rings. The zero-order valence-corrected chi connectivity index (χ0v) is 12.1. The number of hydrogen-bond donors (Lipinski definition) is 2. The minimum Gasteiger partial charge on any atom is -0.399 e. The van der Waals surface area contributed by atoms with Crippen molar-refractivity contribution in [2.24, 2.45) is 0 Å². The number of hydrogen-bond acceptors (Lipinski definition) is 3. The zero-order chi connectivity index (χ0) is 15.4. The van der Waals surface area contributed by atoms with Gasteiger partial charge in [0.05, 0.1) is 5.56 Å². The first kappa shape index (κ1) is 15.3. The van der Waals surface area contributed by atoms with Gasteiger partial charge < -0.3 is 16.0 Å². The van der Waals surface area contributed by atoms with Crippen LogP contribution in [0, 0.1) is 12.7 Å². The van der Waals surface area contributed by atoms with Crippen LogP contribution in [-0.4, -0.2) is 36.3 Å². The molecule has 0 aromatic heterocycles. The normalized spacial score (nSPS) is 14.3. The van der Waals surface area contributed by atoms with Crippen LogP contribution in [0.25, 0.3) is 0 Å². The van der Waals surface area contributed by atoms with Crippen LogP contribution in [-0.2, 0) is 4.79 Å². The topological polar surface area (TPSA) is 75.4 Å². The molecule has 0 atom stereocenters. The highest BCUT2D eigenvalue weighted by molar-refractivity contribution is 5.95. The van der Waals surface area contributed by atoms with Crippen molar-refractivity contribution in [1.29, 1.82) is 0 Å². The van der Waals surface area contributed by atoms with Crippen molar-refractivity contribution in [2.75, 3.05) is 25.4 Å². The molecule has 3 N–H and O–H groups in total. The molecule has 0 spiro atoms. The number of carbonyl (C=O) groups is 2. The Balaban J connectivity index is 1.89. The molecule has 0 saturated carbocycles. The van der Waals surface area contributed by atoms with Crippen LogP contribution in [0.4, 0.5) is 10.1 Å². The maximum atomic E-state index is 13.9. The van der Waals surface area contributed by atoms with Crippen molar-refractivity contribution in [3.63, 3.8) is 0 Å². The second-order valence-corrected chi connectivity index (χ2v) is 5.29. The van der Waals surface area contributed by atoms with Gasteiger partial charge in [-0.3, -0.25) is 9.59 Å². The molecule has 0 unspecified atom stereocenters. The fourth-order valence-corrected chi connectivity index (χ4v) is 2.47. The minimum absolute atomic E-state index is 0.0250. The third kappa shape index (κ3) is 3.71. The lowest BCUT2D eigenvalue weighted by molar-refractivity contribution is -0.129.